The number of fused-ring (bicyclic) bond motifs is 3. The zero-order valence-corrected chi connectivity index (χ0v) is 20.7. The van der Waals surface area contributed by atoms with Crippen molar-refractivity contribution in [1.29, 1.82) is 0 Å². The number of rotatable bonds is 7. The van der Waals surface area contributed by atoms with E-state index < -0.39 is 11.9 Å². The Balaban J connectivity index is 1.75. The lowest BCUT2D eigenvalue weighted by Gasteiger charge is -2.14. The van der Waals surface area contributed by atoms with Crippen molar-refractivity contribution in [1.82, 2.24) is 29.8 Å². The van der Waals surface area contributed by atoms with Crippen LogP contribution in [0.25, 0.3) is 22.4 Å². The molecule has 0 spiro atoms. The van der Waals surface area contributed by atoms with Gasteiger partial charge in [0, 0.05) is 6.54 Å². The maximum Gasteiger partial charge on any atom is 0.321 e. The van der Waals surface area contributed by atoms with E-state index in [9.17, 15) is 14.4 Å². The molecule has 4 aromatic rings. The highest BCUT2D eigenvalue weighted by Crippen LogP contribution is 2.27. The summed E-state index contributed by atoms with van der Waals surface area (Å²) in [5, 5.41) is 14.4. The van der Waals surface area contributed by atoms with Crippen LogP contribution in [-0.2, 0) is 4.79 Å². The predicted molar refractivity (Wildman–Crippen MR) is 134 cm³/mol. The fourth-order valence-corrected chi connectivity index (χ4v) is 4.34. The molecular formula is C24H26N6O4S. The van der Waals surface area contributed by atoms with Gasteiger partial charge in [-0.15, -0.1) is 10.2 Å². The van der Waals surface area contributed by atoms with E-state index in [1.54, 1.807) is 35.8 Å². The summed E-state index contributed by atoms with van der Waals surface area (Å²) < 4.78 is 8.71. The lowest BCUT2D eigenvalue weighted by atomic mass is 10.2. The predicted octanol–water partition coefficient (Wildman–Crippen LogP) is 2.92. The van der Waals surface area contributed by atoms with Crippen molar-refractivity contribution < 1.29 is 14.3 Å². The maximum absolute atomic E-state index is 13.5. The van der Waals surface area contributed by atoms with Crippen LogP contribution in [0, 0.1) is 12.8 Å². The van der Waals surface area contributed by atoms with Gasteiger partial charge in [0.1, 0.15) is 5.75 Å². The highest BCUT2D eigenvalue weighted by Gasteiger charge is 2.21. The molecule has 11 heteroatoms. The Hall–Kier alpha value is -3.86. The van der Waals surface area contributed by atoms with Crippen LogP contribution in [0.2, 0.25) is 0 Å². The Morgan fingerprint density at radius 1 is 1.14 bits per heavy atom. The van der Waals surface area contributed by atoms with Crippen LogP contribution in [-0.4, -0.2) is 50.5 Å². The van der Waals surface area contributed by atoms with Gasteiger partial charge in [-0.05, 0) is 42.7 Å². The van der Waals surface area contributed by atoms with Crippen molar-refractivity contribution >= 4 is 40.4 Å². The standard InChI is InChI=1S/C24H26N6O4S/c1-14(2)12-25-22(33)26-20(31)13-35-24-28-27-23-29(18-11-15(3)9-10-19(18)34-4)21(32)16-7-5-6-8-17(16)30(23)24/h5-11,14H,12-13H2,1-4H3,(H2,25,26,31,33). The largest absolute Gasteiger partial charge is 0.495 e. The number of methoxy groups -OCH3 is 1. The molecule has 0 fully saturated rings. The number of ether oxygens (including phenoxy) is 1. The number of aromatic nitrogens is 4. The van der Waals surface area contributed by atoms with Crippen LogP contribution in [0.15, 0.2) is 52.4 Å². The van der Waals surface area contributed by atoms with Crippen molar-refractivity contribution in [2.45, 2.75) is 25.9 Å². The molecule has 0 saturated heterocycles. The molecule has 10 nitrogen and oxygen atoms in total. The van der Waals surface area contributed by atoms with Crippen molar-refractivity contribution in [3.05, 3.63) is 58.4 Å². The molecule has 182 valence electrons. The quantitative estimate of drug-likeness (QED) is 0.379. The monoisotopic (exact) mass is 494 g/mol. The summed E-state index contributed by atoms with van der Waals surface area (Å²) in [6.45, 7) is 6.31. The van der Waals surface area contributed by atoms with Gasteiger partial charge in [0.2, 0.25) is 11.7 Å². The van der Waals surface area contributed by atoms with Crippen LogP contribution in [0.4, 0.5) is 4.79 Å². The molecule has 0 radical (unpaired) electrons. The SMILES string of the molecule is COc1ccc(C)cc1-n1c(=O)c2ccccc2n2c(SCC(=O)NC(=O)NCC(C)C)nnc12. The Morgan fingerprint density at radius 2 is 1.91 bits per heavy atom. The van der Waals surface area contributed by atoms with Gasteiger partial charge in [-0.25, -0.2) is 9.36 Å². The molecule has 2 aromatic carbocycles. The molecule has 0 aliphatic rings. The second kappa shape index (κ2) is 10.2. The van der Waals surface area contributed by atoms with E-state index in [0.29, 0.717) is 34.0 Å². The molecular weight excluding hydrogens is 468 g/mol. The number of imide groups is 1. The number of carbonyl (C=O) groups excluding carboxylic acids is 2. The summed E-state index contributed by atoms with van der Waals surface area (Å²) in [5.74, 6) is 0.544. The van der Waals surface area contributed by atoms with E-state index in [1.165, 1.54) is 4.57 Å². The highest BCUT2D eigenvalue weighted by molar-refractivity contribution is 7.99. The third-order valence-electron chi connectivity index (χ3n) is 5.23. The first-order chi connectivity index (χ1) is 16.8. The first kappa shape index (κ1) is 24.3. The van der Waals surface area contributed by atoms with Crippen LogP contribution in [0.3, 0.4) is 0 Å². The fraction of sp³-hybridized carbons (Fsp3) is 0.292. The van der Waals surface area contributed by atoms with E-state index in [1.807, 2.05) is 39.0 Å². The molecule has 0 unspecified atom stereocenters. The molecule has 0 saturated carbocycles. The van der Waals surface area contributed by atoms with Crippen LogP contribution >= 0.6 is 11.8 Å². The van der Waals surface area contributed by atoms with E-state index in [-0.39, 0.29) is 23.0 Å². The number of hydrogen-bond acceptors (Lipinski definition) is 7. The molecule has 3 amide bonds. The number of benzene rings is 2. The number of para-hydroxylation sites is 1. The second-order valence-corrected chi connectivity index (χ2v) is 9.33. The van der Waals surface area contributed by atoms with Gasteiger partial charge in [0.25, 0.3) is 5.56 Å². The molecule has 0 aliphatic carbocycles. The first-order valence-electron chi connectivity index (χ1n) is 11.0. The smallest absolute Gasteiger partial charge is 0.321 e. The summed E-state index contributed by atoms with van der Waals surface area (Å²) in [7, 11) is 1.54. The van der Waals surface area contributed by atoms with Gasteiger partial charge < -0.3 is 10.1 Å². The van der Waals surface area contributed by atoms with Crippen LogP contribution < -0.4 is 20.9 Å². The minimum atomic E-state index is -0.541. The lowest BCUT2D eigenvalue weighted by Crippen LogP contribution is -2.41. The normalized spacial score (nSPS) is 11.2. The maximum atomic E-state index is 13.5. The topological polar surface area (TPSA) is 120 Å². The average Bonchev–Trinajstić information content (AvgIpc) is 3.25. The number of nitrogens with zero attached hydrogens (tertiary/aromatic N) is 4. The molecule has 35 heavy (non-hydrogen) atoms. The zero-order valence-electron chi connectivity index (χ0n) is 19.9. The lowest BCUT2D eigenvalue weighted by molar-refractivity contribution is -0.117. The third kappa shape index (κ3) is 4.99. The fourth-order valence-electron chi connectivity index (χ4n) is 3.60. The van der Waals surface area contributed by atoms with Crippen molar-refractivity contribution in [2.24, 2.45) is 5.92 Å². The summed E-state index contributed by atoms with van der Waals surface area (Å²) in [6.07, 6.45) is 0. The number of nitrogens with one attached hydrogen (secondary N) is 2. The van der Waals surface area contributed by atoms with E-state index >= 15 is 0 Å². The summed E-state index contributed by atoms with van der Waals surface area (Å²) in [5.41, 5.74) is 1.83. The Kier molecular flexibility index (Phi) is 7.06. The summed E-state index contributed by atoms with van der Waals surface area (Å²) in [6, 6.07) is 12.1. The molecule has 0 aliphatic heterocycles. The van der Waals surface area contributed by atoms with Crippen LogP contribution in [0.5, 0.6) is 5.75 Å². The average molecular weight is 495 g/mol. The van der Waals surface area contributed by atoms with Crippen LogP contribution in [0.1, 0.15) is 19.4 Å². The summed E-state index contributed by atoms with van der Waals surface area (Å²) >= 11 is 1.12. The van der Waals surface area contributed by atoms with E-state index in [4.69, 9.17) is 4.74 Å². The van der Waals surface area contributed by atoms with Gasteiger partial charge in [-0.3, -0.25) is 19.3 Å². The van der Waals surface area contributed by atoms with Gasteiger partial charge in [0.05, 0.1) is 29.5 Å². The van der Waals surface area contributed by atoms with Gasteiger partial charge in [-0.1, -0.05) is 43.8 Å². The second-order valence-electron chi connectivity index (χ2n) is 8.39. The van der Waals surface area contributed by atoms with E-state index in [0.717, 1.165) is 17.3 Å². The van der Waals surface area contributed by atoms with Gasteiger partial charge in [0.15, 0.2) is 5.16 Å². The minimum Gasteiger partial charge on any atom is -0.495 e. The van der Waals surface area contributed by atoms with E-state index in [2.05, 4.69) is 20.8 Å². The third-order valence-corrected chi connectivity index (χ3v) is 6.16. The number of hydrogen-bond donors (Lipinski definition) is 2. The first-order valence-corrected chi connectivity index (χ1v) is 12.0. The zero-order chi connectivity index (χ0) is 25.1. The molecule has 2 heterocycles. The van der Waals surface area contributed by atoms with Gasteiger partial charge >= 0.3 is 6.03 Å². The Bertz CT molecular complexity index is 1480. The summed E-state index contributed by atoms with van der Waals surface area (Å²) in [4.78, 5) is 37.8. The van der Waals surface area contributed by atoms with Crippen molar-refractivity contribution in [2.75, 3.05) is 19.4 Å². The highest BCUT2D eigenvalue weighted by atomic mass is 32.2. The molecule has 0 bridgehead atoms. The molecule has 2 aromatic heterocycles. The van der Waals surface area contributed by atoms with Crippen molar-refractivity contribution in [3.63, 3.8) is 0 Å². The number of carbonyl (C=O) groups is 2. The molecule has 4 rings (SSSR count). The van der Waals surface area contributed by atoms with Gasteiger partial charge in [-0.2, -0.15) is 0 Å². The number of amides is 3. The Morgan fingerprint density at radius 3 is 2.66 bits per heavy atom. The number of thioether (sulfide) groups is 1. The molecule has 2 N–H and O–H groups in total. The number of urea groups is 1. The van der Waals surface area contributed by atoms with Crippen molar-refractivity contribution in [3.8, 4) is 11.4 Å². The number of aryl methyl sites for hydroxylation is 1. The molecule has 0 atom stereocenters. The Labute approximate surface area is 205 Å². The minimum absolute atomic E-state index is 0.0584.